The lowest BCUT2D eigenvalue weighted by Crippen LogP contribution is -2.39. The molecule has 0 saturated heterocycles. The van der Waals surface area contributed by atoms with Crippen molar-refractivity contribution >= 4 is 5.69 Å². The van der Waals surface area contributed by atoms with Gasteiger partial charge in [-0.05, 0) is 36.5 Å². The van der Waals surface area contributed by atoms with Gasteiger partial charge in [-0.2, -0.15) is 5.26 Å². The van der Waals surface area contributed by atoms with E-state index in [1.807, 2.05) is 24.3 Å². The van der Waals surface area contributed by atoms with Crippen molar-refractivity contribution in [1.29, 1.82) is 5.26 Å². The number of nitrogens with two attached hydrogens (primary N) is 1. The van der Waals surface area contributed by atoms with Crippen molar-refractivity contribution in [2.24, 2.45) is 5.92 Å². The van der Waals surface area contributed by atoms with E-state index < -0.39 is 0 Å². The lowest BCUT2D eigenvalue weighted by molar-refractivity contribution is 0.192. The molecular weight excluding hydrogens is 184 g/mol. The molecule has 78 valence electrons. The summed E-state index contributed by atoms with van der Waals surface area (Å²) < 4.78 is 0. The van der Waals surface area contributed by atoms with E-state index in [4.69, 9.17) is 5.73 Å². The van der Waals surface area contributed by atoms with Gasteiger partial charge in [0.2, 0.25) is 0 Å². The van der Waals surface area contributed by atoms with Crippen LogP contribution in [0.15, 0.2) is 24.3 Å². The molecule has 1 aliphatic rings. The molecule has 0 unspecified atom stereocenters. The first-order valence-corrected chi connectivity index (χ1v) is 5.47. The van der Waals surface area contributed by atoms with Crippen molar-refractivity contribution in [1.82, 2.24) is 0 Å². The lowest BCUT2D eigenvalue weighted by atomic mass is 9.59. The molecule has 0 amide bonds. The Hall–Kier alpha value is -1.49. The van der Waals surface area contributed by atoms with Gasteiger partial charge < -0.3 is 5.73 Å². The molecular formula is C13H16N2. The fourth-order valence-corrected chi connectivity index (χ4v) is 2.41. The minimum absolute atomic E-state index is 0.228. The van der Waals surface area contributed by atoms with Gasteiger partial charge in [0.1, 0.15) is 0 Å². The summed E-state index contributed by atoms with van der Waals surface area (Å²) >= 11 is 0. The summed E-state index contributed by atoms with van der Waals surface area (Å²) in [6, 6.07) is 10.2. The van der Waals surface area contributed by atoms with E-state index in [2.05, 4.69) is 13.0 Å². The number of hydrogen-bond acceptors (Lipinski definition) is 2. The highest BCUT2D eigenvalue weighted by molar-refractivity contribution is 5.44. The molecule has 0 bridgehead atoms. The van der Waals surface area contributed by atoms with Crippen LogP contribution in [-0.2, 0) is 5.41 Å². The molecule has 0 radical (unpaired) electrons. The van der Waals surface area contributed by atoms with Gasteiger partial charge in [0.15, 0.2) is 0 Å². The monoisotopic (exact) mass is 200 g/mol. The Labute approximate surface area is 90.7 Å². The van der Waals surface area contributed by atoms with Crippen LogP contribution in [0.25, 0.3) is 0 Å². The molecule has 0 aromatic heterocycles. The Morgan fingerprint density at radius 2 is 2.00 bits per heavy atom. The second-order valence-corrected chi connectivity index (χ2v) is 4.50. The van der Waals surface area contributed by atoms with Gasteiger partial charge >= 0.3 is 0 Å². The van der Waals surface area contributed by atoms with Crippen LogP contribution in [0, 0.1) is 17.2 Å². The van der Waals surface area contributed by atoms with Crippen molar-refractivity contribution < 1.29 is 0 Å². The smallest absolute Gasteiger partial charge is 0.0827 e. The Kier molecular flexibility index (Phi) is 2.40. The predicted octanol–water partition coefficient (Wildman–Crippen LogP) is 2.85. The first-order chi connectivity index (χ1) is 7.20. The molecule has 1 aromatic carbocycles. The largest absolute Gasteiger partial charge is 0.399 e. The van der Waals surface area contributed by atoms with E-state index >= 15 is 0 Å². The summed E-state index contributed by atoms with van der Waals surface area (Å²) in [6.07, 6.45) is 3.19. The molecule has 2 N–H and O–H groups in total. The van der Waals surface area contributed by atoms with Crippen LogP contribution in [0.5, 0.6) is 0 Å². The molecule has 1 aromatic rings. The van der Waals surface area contributed by atoms with Gasteiger partial charge in [0.25, 0.3) is 0 Å². The molecule has 2 heteroatoms. The van der Waals surface area contributed by atoms with Crippen molar-refractivity contribution in [3.63, 3.8) is 0 Å². The van der Waals surface area contributed by atoms with Crippen LogP contribution < -0.4 is 5.73 Å². The third-order valence-electron chi connectivity index (χ3n) is 3.53. The molecule has 0 heterocycles. The minimum atomic E-state index is -0.228. The summed E-state index contributed by atoms with van der Waals surface area (Å²) in [4.78, 5) is 0. The normalized spacial score (nSPS) is 29.2. The lowest BCUT2D eigenvalue weighted by Gasteiger charge is -2.42. The summed E-state index contributed by atoms with van der Waals surface area (Å²) in [5, 5.41) is 9.29. The second kappa shape index (κ2) is 3.58. The van der Waals surface area contributed by atoms with Crippen LogP contribution in [0.4, 0.5) is 5.69 Å². The molecule has 0 spiro atoms. The highest BCUT2D eigenvalue weighted by Crippen LogP contribution is 2.48. The summed E-state index contributed by atoms with van der Waals surface area (Å²) in [5.74, 6) is 0.724. The maximum atomic E-state index is 9.29. The molecule has 1 aliphatic carbocycles. The van der Waals surface area contributed by atoms with Crippen LogP contribution in [0.2, 0.25) is 0 Å². The topological polar surface area (TPSA) is 49.8 Å². The first kappa shape index (κ1) is 10.0. The van der Waals surface area contributed by atoms with Gasteiger partial charge in [-0.15, -0.1) is 0 Å². The van der Waals surface area contributed by atoms with Crippen LogP contribution >= 0.6 is 0 Å². The van der Waals surface area contributed by atoms with E-state index in [-0.39, 0.29) is 5.41 Å². The van der Waals surface area contributed by atoms with E-state index in [0.29, 0.717) is 0 Å². The zero-order valence-corrected chi connectivity index (χ0v) is 9.03. The van der Waals surface area contributed by atoms with Gasteiger partial charge in [-0.3, -0.25) is 0 Å². The maximum Gasteiger partial charge on any atom is 0.0827 e. The number of benzene rings is 1. The number of rotatable bonds is 2. The summed E-state index contributed by atoms with van der Waals surface area (Å²) in [6.45, 7) is 2.19. The van der Waals surface area contributed by atoms with Crippen LogP contribution in [-0.4, -0.2) is 0 Å². The van der Waals surface area contributed by atoms with Crippen molar-refractivity contribution in [3.05, 3.63) is 29.8 Å². The van der Waals surface area contributed by atoms with Gasteiger partial charge in [0.05, 0.1) is 11.5 Å². The fourth-order valence-electron chi connectivity index (χ4n) is 2.41. The Bertz CT molecular complexity index is 380. The second-order valence-electron chi connectivity index (χ2n) is 4.50. The molecule has 2 rings (SSSR count). The van der Waals surface area contributed by atoms with E-state index in [9.17, 15) is 5.26 Å². The zero-order valence-electron chi connectivity index (χ0n) is 9.03. The summed E-state index contributed by atoms with van der Waals surface area (Å²) in [7, 11) is 0. The molecule has 15 heavy (non-hydrogen) atoms. The highest BCUT2D eigenvalue weighted by Gasteiger charge is 2.44. The van der Waals surface area contributed by atoms with Crippen LogP contribution in [0.1, 0.15) is 31.7 Å². The van der Waals surface area contributed by atoms with Crippen molar-refractivity contribution in [3.8, 4) is 6.07 Å². The maximum absolute atomic E-state index is 9.29. The van der Waals surface area contributed by atoms with E-state index in [0.717, 1.165) is 30.0 Å². The predicted molar refractivity (Wildman–Crippen MR) is 61.2 cm³/mol. The fraction of sp³-hybridized carbons (Fsp3) is 0.462. The molecule has 0 atom stereocenters. The van der Waals surface area contributed by atoms with Gasteiger partial charge in [-0.1, -0.05) is 25.5 Å². The quantitative estimate of drug-likeness (QED) is 0.746. The minimum Gasteiger partial charge on any atom is -0.399 e. The highest BCUT2D eigenvalue weighted by atomic mass is 14.5. The van der Waals surface area contributed by atoms with E-state index in [1.165, 1.54) is 6.42 Å². The zero-order chi connectivity index (χ0) is 10.9. The average molecular weight is 200 g/mol. The van der Waals surface area contributed by atoms with Gasteiger partial charge in [-0.25, -0.2) is 0 Å². The molecule has 2 nitrogen and oxygen atoms in total. The van der Waals surface area contributed by atoms with E-state index in [1.54, 1.807) is 0 Å². The van der Waals surface area contributed by atoms with Crippen molar-refractivity contribution in [2.45, 2.75) is 31.6 Å². The van der Waals surface area contributed by atoms with Crippen LogP contribution in [0.3, 0.4) is 0 Å². The van der Waals surface area contributed by atoms with Crippen molar-refractivity contribution in [2.75, 3.05) is 5.73 Å². The standard InChI is InChI=1S/C13H16N2/c1-2-10-7-13(8-10,9-14)11-3-5-12(15)6-4-11/h3-6,10H,2,7-8,15H2,1H3. The van der Waals surface area contributed by atoms with Gasteiger partial charge in [0, 0.05) is 5.69 Å². The molecule has 1 saturated carbocycles. The molecule has 0 aliphatic heterocycles. The third-order valence-corrected chi connectivity index (χ3v) is 3.53. The third kappa shape index (κ3) is 1.59. The number of anilines is 1. The molecule has 1 fully saturated rings. The first-order valence-electron chi connectivity index (χ1n) is 5.47. The SMILES string of the molecule is CCC1CC(C#N)(c2ccc(N)cc2)C1. The summed E-state index contributed by atoms with van der Waals surface area (Å²) in [5.41, 5.74) is 7.30. The number of nitrogen functional groups attached to an aromatic ring is 1. The Balaban J connectivity index is 2.23. The average Bonchev–Trinajstić information content (AvgIpc) is 2.20. The Morgan fingerprint density at radius 1 is 1.40 bits per heavy atom. The Morgan fingerprint density at radius 3 is 2.47 bits per heavy atom. The number of hydrogen-bond donors (Lipinski definition) is 1. The number of nitriles is 1. The number of nitrogens with zero attached hydrogens (tertiary/aromatic N) is 1.